The normalized spacial score (nSPS) is 11.5. The van der Waals surface area contributed by atoms with Crippen LogP contribution in [0.25, 0.3) is 88.4 Å². The average Bonchev–Trinajstić information content (AvgIpc) is 3.87. The lowest BCUT2D eigenvalue weighted by Gasteiger charge is -2.26. The van der Waals surface area contributed by atoms with Crippen molar-refractivity contribution < 1.29 is 8.83 Å². The minimum absolute atomic E-state index is 0.897. The molecule has 0 bridgehead atoms. The van der Waals surface area contributed by atoms with Gasteiger partial charge in [-0.2, -0.15) is 0 Å². The van der Waals surface area contributed by atoms with Gasteiger partial charge in [0.15, 0.2) is 0 Å². The molecule has 0 N–H and O–H groups in total. The minimum Gasteiger partial charge on any atom is -0.456 e. The highest BCUT2D eigenvalue weighted by Crippen LogP contribution is 2.42. The summed E-state index contributed by atoms with van der Waals surface area (Å²) >= 11 is 0. The zero-order valence-electron chi connectivity index (χ0n) is 31.9. The van der Waals surface area contributed by atoms with Crippen LogP contribution in [0.15, 0.2) is 215 Å². The summed E-state index contributed by atoms with van der Waals surface area (Å²) in [4.78, 5) is 2.33. The van der Waals surface area contributed by atoms with Crippen LogP contribution in [0.3, 0.4) is 0 Å². The van der Waals surface area contributed by atoms with Crippen molar-refractivity contribution in [2.45, 2.75) is 6.92 Å². The van der Waals surface area contributed by atoms with Gasteiger partial charge >= 0.3 is 0 Å². The molecule has 2 heterocycles. The van der Waals surface area contributed by atoms with Gasteiger partial charge in [0.1, 0.15) is 22.3 Å². The highest BCUT2D eigenvalue weighted by Gasteiger charge is 2.17. The maximum atomic E-state index is 6.23. The molecule has 3 heteroatoms. The second-order valence-electron chi connectivity index (χ2n) is 15.0. The summed E-state index contributed by atoms with van der Waals surface area (Å²) in [5.41, 5.74) is 17.5. The molecule has 0 amide bonds. The van der Waals surface area contributed by atoms with Gasteiger partial charge in [0, 0.05) is 38.6 Å². The Bertz CT molecular complexity index is 3090. The molecule has 0 aliphatic heterocycles. The average molecular weight is 744 g/mol. The van der Waals surface area contributed by atoms with Crippen LogP contribution in [0.1, 0.15) is 5.56 Å². The molecule has 3 nitrogen and oxygen atoms in total. The summed E-state index contributed by atoms with van der Waals surface area (Å²) in [6, 6.07) is 73.4. The molecular formula is C55H37NO2. The van der Waals surface area contributed by atoms with Crippen LogP contribution in [0.4, 0.5) is 17.1 Å². The van der Waals surface area contributed by atoms with E-state index < -0.39 is 0 Å². The van der Waals surface area contributed by atoms with Gasteiger partial charge in [0.25, 0.3) is 0 Å². The molecule has 0 spiro atoms. The van der Waals surface area contributed by atoms with Crippen molar-refractivity contribution in [1.29, 1.82) is 0 Å². The smallest absolute Gasteiger partial charge is 0.136 e. The first-order valence-corrected chi connectivity index (χ1v) is 19.7. The van der Waals surface area contributed by atoms with Crippen molar-refractivity contribution >= 4 is 60.9 Å². The van der Waals surface area contributed by atoms with Crippen LogP contribution in [0.2, 0.25) is 0 Å². The molecule has 11 rings (SSSR count). The van der Waals surface area contributed by atoms with E-state index in [0.29, 0.717) is 0 Å². The number of benzene rings is 9. The number of fused-ring (bicyclic) bond motifs is 6. The second kappa shape index (κ2) is 13.8. The number of anilines is 3. The topological polar surface area (TPSA) is 29.5 Å². The third kappa shape index (κ3) is 5.84. The Labute approximate surface area is 336 Å². The van der Waals surface area contributed by atoms with E-state index >= 15 is 0 Å². The molecule has 0 atom stereocenters. The standard InChI is InChI=1S/C55H37NO2/c1-36-16-18-37(19-17-36)38-20-22-39(23-21-38)40-24-30-43(31-25-40)56(44-32-26-41(27-33-44)46-10-6-14-52-54(46)48-8-2-4-12-50(48)57-52)45-34-28-42(29-35-45)47-11-7-15-53-55(47)49-9-3-5-13-51(49)58-53/h2-35H,1H3. The van der Waals surface area contributed by atoms with E-state index in [4.69, 9.17) is 8.83 Å². The first-order valence-electron chi connectivity index (χ1n) is 19.7. The van der Waals surface area contributed by atoms with Crippen LogP contribution in [-0.2, 0) is 0 Å². The number of hydrogen-bond donors (Lipinski definition) is 0. The largest absolute Gasteiger partial charge is 0.456 e. The van der Waals surface area contributed by atoms with Crippen molar-refractivity contribution in [2.24, 2.45) is 0 Å². The van der Waals surface area contributed by atoms with Crippen LogP contribution in [0, 0.1) is 6.92 Å². The van der Waals surface area contributed by atoms with Gasteiger partial charge in [-0.3, -0.25) is 0 Å². The zero-order chi connectivity index (χ0) is 38.6. The molecule has 0 radical (unpaired) electrons. The lowest BCUT2D eigenvalue weighted by Crippen LogP contribution is -2.09. The Hall–Kier alpha value is -7.62. The van der Waals surface area contributed by atoms with E-state index in [-0.39, 0.29) is 0 Å². The van der Waals surface area contributed by atoms with Gasteiger partial charge in [0.05, 0.1) is 0 Å². The predicted octanol–water partition coefficient (Wildman–Crippen LogP) is 15.9. The molecule has 274 valence electrons. The molecule has 58 heavy (non-hydrogen) atoms. The third-order valence-electron chi connectivity index (χ3n) is 11.4. The molecule has 0 saturated heterocycles. The zero-order valence-corrected chi connectivity index (χ0v) is 31.9. The maximum absolute atomic E-state index is 6.23. The molecule has 0 aliphatic carbocycles. The van der Waals surface area contributed by atoms with Crippen molar-refractivity contribution in [3.05, 3.63) is 212 Å². The van der Waals surface area contributed by atoms with E-state index in [1.807, 2.05) is 24.3 Å². The summed E-state index contributed by atoms with van der Waals surface area (Å²) in [5, 5.41) is 4.54. The van der Waals surface area contributed by atoms with Crippen molar-refractivity contribution in [3.63, 3.8) is 0 Å². The number of aryl methyl sites for hydroxylation is 1. The summed E-state index contributed by atoms with van der Waals surface area (Å²) < 4.78 is 12.5. The number of furan rings is 2. The number of hydrogen-bond acceptors (Lipinski definition) is 3. The molecule has 11 aromatic rings. The molecule has 0 fully saturated rings. The second-order valence-corrected chi connectivity index (χ2v) is 15.0. The fourth-order valence-electron chi connectivity index (χ4n) is 8.46. The lowest BCUT2D eigenvalue weighted by molar-refractivity contribution is 0.668. The summed E-state index contributed by atoms with van der Waals surface area (Å²) in [7, 11) is 0. The van der Waals surface area contributed by atoms with E-state index in [0.717, 1.165) is 83.2 Å². The van der Waals surface area contributed by atoms with E-state index in [1.54, 1.807) is 0 Å². The Morgan fingerprint density at radius 1 is 0.293 bits per heavy atom. The molecule has 2 aromatic heterocycles. The Kier molecular flexibility index (Phi) is 8.04. The minimum atomic E-state index is 0.897. The van der Waals surface area contributed by atoms with Gasteiger partial charge in [-0.15, -0.1) is 0 Å². The molecule has 9 aromatic carbocycles. The summed E-state index contributed by atoms with van der Waals surface area (Å²) in [6.07, 6.45) is 0. The summed E-state index contributed by atoms with van der Waals surface area (Å²) in [6.45, 7) is 2.12. The quantitative estimate of drug-likeness (QED) is 0.163. The van der Waals surface area contributed by atoms with E-state index in [9.17, 15) is 0 Å². The van der Waals surface area contributed by atoms with Gasteiger partial charge in [-0.25, -0.2) is 0 Å². The molecule has 0 unspecified atom stereocenters. The monoisotopic (exact) mass is 743 g/mol. The predicted molar refractivity (Wildman–Crippen MR) is 242 cm³/mol. The van der Waals surface area contributed by atoms with Gasteiger partial charge in [-0.1, -0.05) is 151 Å². The Morgan fingerprint density at radius 3 is 1.03 bits per heavy atom. The lowest BCUT2D eigenvalue weighted by atomic mass is 9.98. The highest BCUT2D eigenvalue weighted by molar-refractivity contribution is 6.13. The number of para-hydroxylation sites is 2. The first kappa shape index (κ1) is 33.7. The Morgan fingerprint density at radius 2 is 0.621 bits per heavy atom. The molecule has 0 saturated carbocycles. The van der Waals surface area contributed by atoms with Crippen LogP contribution < -0.4 is 4.90 Å². The number of nitrogens with zero attached hydrogens (tertiary/aromatic N) is 1. The maximum Gasteiger partial charge on any atom is 0.136 e. The Balaban J connectivity index is 0.976. The van der Waals surface area contributed by atoms with Gasteiger partial charge in [0.2, 0.25) is 0 Å². The number of rotatable bonds is 7. The molecular weight excluding hydrogens is 707 g/mol. The highest BCUT2D eigenvalue weighted by atomic mass is 16.3. The fourth-order valence-corrected chi connectivity index (χ4v) is 8.46. The SMILES string of the molecule is Cc1ccc(-c2ccc(-c3ccc(N(c4ccc(-c5cccc6oc7ccccc7c56)cc4)c4ccc(-c5cccc6oc7ccccc7c56)cc4)cc3)cc2)cc1. The third-order valence-corrected chi connectivity index (χ3v) is 11.4. The van der Waals surface area contributed by atoms with Crippen LogP contribution in [0.5, 0.6) is 0 Å². The first-order chi connectivity index (χ1) is 28.6. The van der Waals surface area contributed by atoms with Gasteiger partial charge in [-0.05, 0) is 112 Å². The van der Waals surface area contributed by atoms with E-state index in [1.165, 1.54) is 27.8 Å². The fraction of sp³-hybridized carbons (Fsp3) is 0.0182. The van der Waals surface area contributed by atoms with Crippen LogP contribution >= 0.6 is 0 Å². The summed E-state index contributed by atoms with van der Waals surface area (Å²) in [5.74, 6) is 0. The van der Waals surface area contributed by atoms with Crippen molar-refractivity contribution in [3.8, 4) is 44.5 Å². The van der Waals surface area contributed by atoms with Crippen LogP contribution in [-0.4, -0.2) is 0 Å². The molecule has 0 aliphatic rings. The van der Waals surface area contributed by atoms with E-state index in [2.05, 4.69) is 194 Å². The van der Waals surface area contributed by atoms with Crippen molar-refractivity contribution in [1.82, 2.24) is 0 Å². The van der Waals surface area contributed by atoms with Crippen molar-refractivity contribution in [2.75, 3.05) is 4.90 Å². The van der Waals surface area contributed by atoms with Gasteiger partial charge < -0.3 is 13.7 Å².